The van der Waals surface area contributed by atoms with Gasteiger partial charge in [-0.2, -0.15) is 0 Å². The third-order valence-corrected chi connectivity index (χ3v) is 3.78. The SMILES string of the molecule is C=CC(CNC(CCCCN)C(=O)O)P(=O)(O)O. The highest BCUT2D eigenvalue weighted by molar-refractivity contribution is 7.52. The van der Waals surface area contributed by atoms with Crippen molar-refractivity contribution < 1.29 is 24.3 Å². The number of hydrogen-bond donors (Lipinski definition) is 5. The molecule has 0 aliphatic carbocycles. The highest BCUT2D eigenvalue weighted by atomic mass is 31.2. The van der Waals surface area contributed by atoms with Gasteiger partial charge >= 0.3 is 13.6 Å². The zero-order valence-electron chi connectivity index (χ0n) is 10.2. The van der Waals surface area contributed by atoms with E-state index in [1.807, 2.05) is 0 Å². The number of carboxylic acids is 1. The van der Waals surface area contributed by atoms with Crippen LogP contribution in [0.4, 0.5) is 0 Å². The molecule has 0 saturated heterocycles. The van der Waals surface area contributed by atoms with Gasteiger partial charge in [-0.3, -0.25) is 9.36 Å². The predicted molar refractivity (Wildman–Crippen MR) is 68.4 cm³/mol. The average Bonchev–Trinajstić information content (AvgIpc) is 2.25. The van der Waals surface area contributed by atoms with E-state index in [0.717, 1.165) is 12.5 Å². The van der Waals surface area contributed by atoms with Gasteiger partial charge in [-0.15, -0.1) is 6.58 Å². The quantitative estimate of drug-likeness (QED) is 0.214. The van der Waals surface area contributed by atoms with Gasteiger partial charge in [0.05, 0.1) is 5.66 Å². The average molecular weight is 280 g/mol. The van der Waals surface area contributed by atoms with Gasteiger partial charge in [0.15, 0.2) is 0 Å². The Bertz CT molecular complexity index is 317. The molecule has 0 saturated carbocycles. The van der Waals surface area contributed by atoms with Crippen LogP contribution in [0.5, 0.6) is 0 Å². The summed E-state index contributed by atoms with van der Waals surface area (Å²) < 4.78 is 11.0. The first kappa shape index (κ1) is 17.3. The van der Waals surface area contributed by atoms with Crippen LogP contribution in [0.3, 0.4) is 0 Å². The summed E-state index contributed by atoms with van der Waals surface area (Å²) in [7, 11) is -4.29. The lowest BCUT2D eigenvalue weighted by Gasteiger charge is -2.19. The molecule has 0 aliphatic rings. The van der Waals surface area contributed by atoms with Crippen LogP contribution in [-0.2, 0) is 9.36 Å². The lowest BCUT2D eigenvalue weighted by Crippen LogP contribution is -2.40. The molecule has 8 heteroatoms. The fraction of sp³-hybridized carbons (Fsp3) is 0.700. The van der Waals surface area contributed by atoms with Gasteiger partial charge < -0.3 is 25.9 Å². The summed E-state index contributed by atoms with van der Waals surface area (Å²) in [6, 6.07) is -0.828. The van der Waals surface area contributed by atoms with E-state index in [1.54, 1.807) is 0 Å². The number of unbranched alkanes of at least 4 members (excludes halogenated alkanes) is 1. The zero-order valence-corrected chi connectivity index (χ0v) is 11.1. The summed E-state index contributed by atoms with van der Waals surface area (Å²) in [5.41, 5.74) is 4.23. The molecule has 7 nitrogen and oxygen atoms in total. The molecule has 0 aromatic carbocycles. The van der Waals surface area contributed by atoms with Crippen LogP contribution in [0.15, 0.2) is 12.7 Å². The molecule has 0 bridgehead atoms. The molecule has 6 N–H and O–H groups in total. The molecule has 0 fully saturated rings. The number of carboxylic acid groups (broad SMARTS) is 1. The highest BCUT2D eigenvalue weighted by Crippen LogP contribution is 2.41. The minimum atomic E-state index is -4.29. The molecule has 2 atom stereocenters. The lowest BCUT2D eigenvalue weighted by molar-refractivity contribution is -0.139. The smallest absolute Gasteiger partial charge is 0.333 e. The minimum Gasteiger partial charge on any atom is -0.480 e. The van der Waals surface area contributed by atoms with Crippen LogP contribution in [0.2, 0.25) is 0 Å². The molecule has 2 unspecified atom stereocenters. The molecule has 0 heterocycles. The lowest BCUT2D eigenvalue weighted by atomic mass is 10.1. The van der Waals surface area contributed by atoms with Crippen LogP contribution in [0.25, 0.3) is 0 Å². The van der Waals surface area contributed by atoms with E-state index in [1.165, 1.54) is 0 Å². The number of aliphatic carboxylic acids is 1. The molecule has 0 aromatic heterocycles. The second kappa shape index (κ2) is 8.39. The predicted octanol–water partition coefficient (Wildman–Crippen LogP) is -0.109. The van der Waals surface area contributed by atoms with Crippen molar-refractivity contribution in [2.24, 2.45) is 5.73 Å². The zero-order chi connectivity index (χ0) is 14.2. The van der Waals surface area contributed by atoms with Crippen molar-refractivity contribution in [3.05, 3.63) is 12.7 Å². The number of hydrogen-bond acceptors (Lipinski definition) is 4. The topological polar surface area (TPSA) is 133 Å². The summed E-state index contributed by atoms with van der Waals surface area (Å²) in [6.07, 6.45) is 2.87. The van der Waals surface area contributed by atoms with Crippen molar-refractivity contribution in [2.45, 2.75) is 31.0 Å². The molecule has 0 aromatic rings. The summed E-state index contributed by atoms with van der Waals surface area (Å²) >= 11 is 0. The maximum atomic E-state index is 11.0. The van der Waals surface area contributed by atoms with Crippen molar-refractivity contribution in [1.82, 2.24) is 5.32 Å². The Labute approximate surface area is 106 Å². The first-order valence-corrected chi connectivity index (χ1v) is 7.35. The van der Waals surface area contributed by atoms with Crippen LogP contribution >= 0.6 is 7.60 Å². The molecule has 0 spiro atoms. The van der Waals surface area contributed by atoms with Gasteiger partial charge in [0.2, 0.25) is 0 Å². The number of rotatable bonds is 10. The van der Waals surface area contributed by atoms with E-state index in [2.05, 4.69) is 11.9 Å². The van der Waals surface area contributed by atoms with Crippen molar-refractivity contribution in [2.75, 3.05) is 13.1 Å². The van der Waals surface area contributed by atoms with E-state index in [0.29, 0.717) is 19.4 Å². The molecule has 0 aliphatic heterocycles. The molecule has 106 valence electrons. The normalized spacial score (nSPS) is 15.1. The Morgan fingerprint density at radius 3 is 2.44 bits per heavy atom. The van der Waals surface area contributed by atoms with Crippen molar-refractivity contribution in [3.8, 4) is 0 Å². The molecular formula is C10H21N2O5P. The minimum absolute atomic E-state index is 0.118. The van der Waals surface area contributed by atoms with Gasteiger partial charge in [0.25, 0.3) is 0 Å². The van der Waals surface area contributed by atoms with Gasteiger partial charge in [-0.1, -0.05) is 12.5 Å². The Balaban J connectivity index is 4.29. The van der Waals surface area contributed by atoms with E-state index < -0.39 is 25.3 Å². The van der Waals surface area contributed by atoms with Crippen LogP contribution in [0, 0.1) is 0 Å². The Kier molecular flexibility index (Phi) is 8.06. The second-order valence-corrected chi connectivity index (χ2v) is 5.82. The first-order valence-electron chi connectivity index (χ1n) is 5.67. The third-order valence-electron chi connectivity index (χ3n) is 2.52. The molecule has 0 amide bonds. The Morgan fingerprint density at radius 1 is 1.44 bits per heavy atom. The van der Waals surface area contributed by atoms with Crippen molar-refractivity contribution in [1.29, 1.82) is 0 Å². The molecule has 0 radical (unpaired) electrons. The maximum absolute atomic E-state index is 11.0. The Hall–Kier alpha value is -0.720. The summed E-state index contributed by atoms with van der Waals surface area (Å²) in [4.78, 5) is 28.9. The van der Waals surface area contributed by atoms with Crippen molar-refractivity contribution in [3.63, 3.8) is 0 Å². The standard InChI is InChI=1S/C10H21N2O5P/c1-2-8(18(15,16)17)7-12-9(10(13)14)5-3-4-6-11/h2,8-9,12H,1,3-7,11H2,(H,13,14)(H2,15,16,17). The summed E-state index contributed by atoms with van der Waals surface area (Å²) in [5.74, 6) is -1.04. The Morgan fingerprint density at radius 2 is 2.06 bits per heavy atom. The number of nitrogens with two attached hydrogens (primary N) is 1. The number of carbonyl (C=O) groups is 1. The van der Waals surface area contributed by atoms with E-state index >= 15 is 0 Å². The summed E-state index contributed by atoms with van der Waals surface area (Å²) in [6.45, 7) is 3.70. The van der Waals surface area contributed by atoms with Gasteiger partial charge in [0.1, 0.15) is 6.04 Å². The van der Waals surface area contributed by atoms with Gasteiger partial charge in [-0.25, -0.2) is 0 Å². The fourth-order valence-corrected chi connectivity index (χ4v) is 2.03. The van der Waals surface area contributed by atoms with Crippen molar-refractivity contribution >= 4 is 13.6 Å². The summed E-state index contributed by atoms with van der Waals surface area (Å²) in [5, 5.41) is 11.6. The van der Waals surface area contributed by atoms with Crippen LogP contribution < -0.4 is 11.1 Å². The van der Waals surface area contributed by atoms with Gasteiger partial charge in [-0.05, 0) is 19.4 Å². The van der Waals surface area contributed by atoms with E-state index in [-0.39, 0.29) is 6.54 Å². The number of nitrogens with one attached hydrogen (secondary N) is 1. The molecule has 0 rings (SSSR count). The second-order valence-electron chi connectivity index (χ2n) is 3.98. The van der Waals surface area contributed by atoms with Crippen LogP contribution in [-0.4, -0.2) is 45.7 Å². The molecular weight excluding hydrogens is 259 g/mol. The fourth-order valence-electron chi connectivity index (χ4n) is 1.41. The monoisotopic (exact) mass is 280 g/mol. The largest absolute Gasteiger partial charge is 0.480 e. The van der Waals surface area contributed by atoms with Gasteiger partial charge in [0, 0.05) is 6.54 Å². The first-order chi connectivity index (χ1) is 8.32. The maximum Gasteiger partial charge on any atom is 0.333 e. The highest BCUT2D eigenvalue weighted by Gasteiger charge is 2.27. The molecule has 18 heavy (non-hydrogen) atoms. The van der Waals surface area contributed by atoms with E-state index in [9.17, 15) is 9.36 Å². The third kappa shape index (κ3) is 6.88. The van der Waals surface area contributed by atoms with E-state index in [4.69, 9.17) is 20.6 Å². The van der Waals surface area contributed by atoms with Crippen LogP contribution in [0.1, 0.15) is 19.3 Å².